The second-order valence-electron chi connectivity index (χ2n) is 8.29. The average molecular weight is 555 g/mol. The van der Waals surface area contributed by atoms with Crippen molar-refractivity contribution < 1.29 is 24.5 Å². The zero-order valence-electron chi connectivity index (χ0n) is 20.8. The van der Waals surface area contributed by atoms with E-state index in [0.29, 0.717) is 30.4 Å². The third-order valence-corrected chi connectivity index (χ3v) is 7.62. The Hall–Kier alpha value is -3.22. The second kappa shape index (κ2) is 14.1. The number of nitrogens with zero attached hydrogens (tertiary/aromatic N) is 1. The van der Waals surface area contributed by atoms with Crippen molar-refractivity contribution in [3.8, 4) is 5.75 Å². The number of ether oxygens (including phenoxy) is 2. The van der Waals surface area contributed by atoms with Crippen molar-refractivity contribution in [2.45, 2.75) is 22.3 Å². The van der Waals surface area contributed by atoms with Gasteiger partial charge in [-0.1, -0.05) is 36.4 Å². The maximum absolute atomic E-state index is 13.0. The van der Waals surface area contributed by atoms with Gasteiger partial charge >= 0.3 is 0 Å². The zero-order valence-corrected chi connectivity index (χ0v) is 22.4. The first-order chi connectivity index (χ1) is 18.5. The number of H-pyrrole nitrogens is 1. The fourth-order valence-electron chi connectivity index (χ4n) is 3.58. The first-order valence-corrected chi connectivity index (χ1v) is 13.8. The van der Waals surface area contributed by atoms with Crippen LogP contribution >= 0.6 is 23.7 Å². The molecular formula is C27H30N4O5S2. The molecule has 0 fully saturated rings. The number of hydrogen-bond acceptors (Lipinski definition) is 9. The Morgan fingerprint density at radius 2 is 1.89 bits per heavy atom. The van der Waals surface area contributed by atoms with Gasteiger partial charge in [-0.2, -0.15) is 0 Å². The van der Waals surface area contributed by atoms with E-state index in [9.17, 15) is 15.0 Å². The van der Waals surface area contributed by atoms with E-state index < -0.39 is 11.5 Å². The number of aliphatic hydroxyl groups excluding tert-OH is 1. The Labute approximate surface area is 229 Å². The molecule has 0 aliphatic carbocycles. The van der Waals surface area contributed by atoms with E-state index in [1.165, 1.54) is 23.7 Å². The summed E-state index contributed by atoms with van der Waals surface area (Å²) in [4.78, 5) is 20.5. The van der Waals surface area contributed by atoms with Crippen LogP contribution in [-0.2, 0) is 10.5 Å². The number of fused-ring (bicyclic) bond motifs is 1. The number of thioether (sulfide) groups is 1. The number of methoxy groups -OCH3 is 1. The number of hydrogen-bond donors (Lipinski definition) is 5. The molecule has 0 aliphatic rings. The smallest absolute Gasteiger partial charge is 0.267 e. The Bertz CT molecular complexity index is 1310. The molecule has 2 heterocycles. The highest BCUT2D eigenvalue weighted by Gasteiger charge is 2.20. The summed E-state index contributed by atoms with van der Waals surface area (Å²) in [5, 5.41) is 23.5. The van der Waals surface area contributed by atoms with Crippen molar-refractivity contribution in [2.75, 3.05) is 31.6 Å². The van der Waals surface area contributed by atoms with E-state index in [2.05, 4.69) is 20.0 Å². The van der Waals surface area contributed by atoms with Gasteiger partial charge in [-0.05, 0) is 29.8 Å². The molecule has 200 valence electrons. The van der Waals surface area contributed by atoms with Crippen LogP contribution in [0.15, 0.2) is 78.0 Å². The third-order valence-electron chi connectivity index (χ3n) is 5.51. The standard InChI is InChI=1S/C27H30N4O5S2/c1-35-11-12-36-20-13-19-14-22(30-25(19)21(15-20)31-38-24-9-5-6-10-28-24)26(32)29-16-23(27(33)34)37-17-18-7-3-2-4-8-18/h2-10,13-15,23,27,30-31,33-34H,11-12,16-17H2,1H3,(H,29,32). The lowest BCUT2D eigenvalue weighted by Gasteiger charge is -2.19. The molecule has 1 atom stereocenters. The molecule has 2 aromatic carbocycles. The molecule has 1 unspecified atom stereocenters. The Morgan fingerprint density at radius 3 is 2.63 bits per heavy atom. The zero-order chi connectivity index (χ0) is 26.7. The van der Waals surface area contributed by atoms with Crippen LogP contribution in [0.5, 0.6) is 5.75 Å². The number of nitrogens with one attached hydrogen (secondary N) is 3. The number of benzene rings is 2. The molecule has 4 rings (SSSR count). The average Bonchev–Trinajstić information content (AvgIpc) is 3.37. The van der Waals surface area contributed by atoms with E-state index >= 15 is 0 Å². The van der Waals surface area contributed by atoms with E-state index in [-0.39, 0.29) is 12.5 Å². The van der Waals surface area contributed by atoms with Crippen LogP contribution in [-0.4, -0.2) is 64.5 Å². The Morgan fingerprint density at radius 1 is 1.08 bits per heavy atom. The van der Waals surface area contributed by atoms with Crippen LogP contribution in [0, 0.1) is 0 Å². The fourth-order valence-corrected chi connectivity index (χ4v) is 5.18. The summed E-state index contributed by atoms with van der Waals surface area (Å²) in [6.07, 6.45) is 0.147. The molecule has 5 N–H and O–H groups in total. The van der Waals surface area contributed by atoms with Crippen LogP contribution in [0.1, 0.15) is 16.1 Å². The first-order valence-electron chi connectivity index (χ1n) is 12.0. The number of pyridine rings is 1. The molecule has 11 heteroatoms. The summed E-state index contributed by atoms with van der Waals surface area (Å²) < 4.78 is 14.2. The lowest BCUT2D eigenvalue weighted by molar-refractivity contribution is -0.0391. The van der Waals surface area contributed by atoms with Crippen molar-refractivity contribution in [3.05, 3.63) is 84.2 Å². The molecule has 0 radical (unpaired) electrons. The highest BCUT2D eigenvalue weighted by atomic mass is 32.2. The monoisotopic (exact) mass is 554 g/mol. The molecule has 38 heavy (non-hydrogen) atoms. The van der Waals surface area contributed by atoms with Crippen molar-refractivity contribution in [1.82, 2.24) is 15.3 Å². The number of aliphatic hydroxyl groups is 2. The molecular weight excluding hydrogens is 524 g/mol. The minimum absolute atomic E-state index is 0.0926. The van der Waals surface area contributed by atoms with Crippen molar-refractivity contribution in [3.63, 3.8) is 0 Å². The minimum atomic E-state index is -1.57. The maximum Gasteiger partial charge on any atom is 0.267 e. The van der Waals surface area contributed by atoms with Crippen LogP contribution in [0.4, 0.5) is 5.69 Å². The van der Waals surface area contributed by atoms with E-state index in [0.717, 1.165) is 27.2 Å². The molecule has 0 saturated heterocycles. The normalized spacial score (nSPS) is 12.0. The van der Waals surface area contributed by atoms with Gasteiger partial charge in [0.2, 0.25) is 0 Å². The van der Waals surface area contributed by atoms with E-state index in [1.54, 1.807) is 19.4 Å². The van der Waals surface area contributed by atoms with E-state index in [1.807, 2.05) is 60.7 Å². The maximum atomic E-state index is 13.0. The lowest BCUT2D eigenvalue weighted by Crippen LogP contribution is -2.37. The Balaban J connectivity index is 1.47. The van der Waals surface area contributed by atoms with Gasteiger partial charge in [0.1, 0.15) is 23.1 Å². The van der Waals surface area contributed by atoms with Gasteiger partial charge in [-0.25, -0.2) is 4.98 Å². The van der Waals surface area contributed by atoms with Crippen molar-refractivity contribution in [1.29, 1.82) is 0 Å². The molecule has 4 aromatic rings. The van der Waals surface area contributed by atoms with E-state index in [4.69, 9.17) is 9.47 Å². The van der Waals surface area contributed by atoms with Crippen molar-refractivity contribution in [2.24, 2.45) is 0 Å². The molecule has 0 spiro atoms. The summed E-state index contributed by atoms with van der Waals surface area (Å²) in [5.41, 5.74) is 2.87. The van der Waals surface area contributed by atoms with Crippen LogP contribution in [0.2, 0.25) is 0 Å². The highest BCUT2D eigenvalue weighted by Crippen LogP contribution is 2.32. The largest absolute Gasteiger partial charge is 0.491 e. The third kappa shape index (κ3) is 7.89. The van der Waals surface area contributed by atoms with Crippen molar-refractivity contribution >= 4 is 46.2 Å². The van der Waals surface area contributed by atoms with Crippen LogP contribution in [0.3, 0.4) is 0 Å². The van der Waals surface area contributed by atoms with Gasteiger partial charge in [0.25, 0.3) is 5.91 Å². The number of aromatic nitrogens is 2. The summed E-state index contributed by atoms with van der Waals surface area (Å²) in [7, 11) is 1.61. The summed E-state index contributed by atoms with van der Waals surface area (Å²) in [6, 6.07) is 20.8. The summed E-state index contributed by atoms with van der Waals surface area (Å²) in [6.45, 7) is 0.929. The molecule has 0 bridgehead atoms. The predicted octanol–water partition coefficient (Wildman–Crippen LogP) is 4.05. The van der Waals surface area contributed by atoms with Gasteiger partial charge < -0.3 is 34.7 Å². The lowest BCUT2D eigenvalue weighted by atomic mass is 10.2. The number of carbonyl (C=O) groups is 1. The Kier molecular flexibility index (Phi) is 10.3. The van der Waals surface area contributed by atoms with Gasteiger partial charge in [0.05, 0.1) is 23.1 Å². The number of rotatable bonds is 14. The molecule has 1 amide bonds. The van der Waals surface area contributed by atoms with Gasteiger partial charge in [0, 0.05) is 49.0 Å². The first kappa shape index (κ1) is 27.8. The number of amides is 1. The number of aromatic amines is 1. The second-order valence-corrected chi connectivity index (χ2v) is 10.3. The van der Waals surface area contributed by atoms with Gasteiger partial charge in [0.15, 0.2) is 6.29 Å². The fraction of sp³-hybridized carbons (Fsp3) is 0.259. The van der Waals surface area contributed by atoms with Crippen LogP contribution < -0.4 is 14.8 Å². The number of anilines is 1. The highest BCUT2D eigenvalue weighted by molar-refractivity contribution is 8.00. The van der Waals surface area contributed by atoms with Crippen LogP contribution in [0.25, 0.3) is 10.9 Å². The summed E-state index contributed by atoms with van der Waals surface area (Å²) >= 11 is 2.72. The topological polar surface area (TPSA) is 129 Å². The van der Waals surface area contributed by atoms with Gasteiger partial charge in [-0.15, -0.1) is 11.8 Å². The molecule has 2 aromatic heterocycles. The number of carbonyl (C=O) groups excluding carboxylic acids is 1. The van der Waals surface area contributed by atoms with Gasteiger partial charge in [-0.3, -0.25) is 4.79 Å². The molecule has 0 aliphatic heterocycles. The predicted molar refractivity (Wildman–Crippen MR) is 151 cm³/mol. The molecule has 9 nitrogen and oxygen atoms in total. The molecule has 0 saturated carbocycles. The SMILES string of the molecule is COCCOc1cc(NSc2ccccn2)c2[nH]c(C(=O)NCC(SCc3ccccc3)C(O)O)cc2c1. The minimum Gasteiger partial charge on any atom is -0.491 e. The summed E-state index contributed by atoms with van der Waals surface area (Å²) in [5.74, 6) is 0.878. The quantitative estimate of drug-likeness (QED) is 0.0891.